The van der Waals surface area contributed by atoms with Crippen LogP contribution in [0.2, 0.25) is 0 Å². The van der Waals surface area contributed by atoms with Crippen LogP contribution in [0.15, 0.2) is 66.7 Å². The fourth-order valence-electron chi connectivity index (χ4n) is 4.15. The van der Waals surface area contributed by atoms with Crippen molar-refractivity contribution in [3.8, 4) is 0 Å². The highest BCUT2D eigenvalue weighted by Crippen LogP contribution is 2.21. The van der Waals surface area contributed by atoms with Crippen LogP contribution in [0.5, 0.6) is 0 Å². The second-order valence-corrected chi connectivity index (χ2v) is 8.89. The summed E-state index contributed by atoms with van der Waals surface area (Å²) in [4.78, 5) is 28.4. The van der Waals surface area contributed by atoms with E-state index in [-0.39, 0.29) is 17.9 Å². The molecule has 0 aromatic heterocycles. The Morgan fingerprint density at radius 3 is 2.30 bits per heavy atom. The van der Waals surface area contributed by atoms with E-state index in [2.05, 4.69) is 29.6 Å². The van der Waals surface area contributed by atoms with Crippen LogP contribution in [0.4, 0.5) is 0 Å². The van der Waals surface area contributed by atoms with Crippen LogP contribution in [0.1, 0.15) is 56.7 Å². The van der Waals surface area contributed by atoms with Crippen molar-refractivity contribution in [1.29, 1.82) is 0 Å². The van der Waals surface area contributed by atoms with E-state index in [9.17, 15) is 9.59 Å². The monoisotopic (exact) mass is 444 g/mol. The quantitative estimate of drug-likeness (QED) is 0.429. The van der Waals surface area contributed by atoms with E-state index in [0.29, 0.717) is 25.8 Å². The lowest BCUT2D eigenvalue weighted by molar-refractivity contribution is -0.141. The maximum atomic E-state index is 13.5. The smallest absolute Gasteiger partial charge is 0.243 e. The van der Waals surface area contributed by atoms with Gasteiger partial charge in [-0.15, -0.1) is 0 Å². The molecule has 4 nitrogen and oxygen atoms in total. The summed E-state index contributed by atoms with van der Waals surface area (Å²) in [5, 5.41) is 5.44. The van der Waals surface area contributed by atoms with Crippen LogP contribution in [0.25, 0.3) is 10.8 Å². The molecule has 2 amide bonds. The first-order valence-corrected chi connectivity index (χ1v) is 12.0. The standard InChI is InChI=1S/C29H36N2O2/c1-5-22(4)30-29(33)27(6-2)31(20-23-16-14-21(3)15-17-23)28(32)19-18-25-12-9-11-24-10-7-8-13-26(24)25/h7-17,22,27H,5-6,18-20H2,1-4H3,(H,30,33)/t22-,27+/m0/s1. The molecule has 0 radical (unpaired) electrons. The van der Waals surface area contributed by atoms with Gasteiger partial charge < -0.3 is 10.2 Å². The van der Waals surface area contributed by atoms with Gasteiger partial charge in [0.05, 0.1) is 0 Å². The maximum Gasteiger partial charge on any atom is 0.243 e. The van der Waals surface area contributed by atoms with E-state index in [0.717, 1.165) is 17.5 Å². The second kappa shape index (κ2) is 11.6. The molecule has 3 aromatic carbocycles. The van der Waals surface area contributed by atoms with Gasteiger partial charge in [-0.05, 0) is 55.0 Å². The van der Waals surface area contributed by atoms with Crippen molar-refractivity contribution >= 4 is 22.6 Å². The summed E-state index contributed by atoms with van der Waals surface area (Å²) < 4.78 is 0. The fraction of sp³-hybridized carbons (Fsp3) is 0.379. The van der Waals surface area contributed by atoms with Crippen molar-refractivity contribution in [2.24, 2.45) is 0 Å². The number of carbonyl (C=O) groups is 2. The lowest BCUT2D eigenvalue weighted by atomic mass is 10.00. The summed E-state index contributed by atoms with van der Waals surface area (Å²) in [6.07, 6.45) is 2.45. The van der Waals surface area contributed by atoms with E-state index < -0.39 is 6.04 Å². The molecule has 2 atom stereocenters. The number of aryl methyl sites for hydroxylation is 2. The SMILES string of the molecule is CC[C@H](C(=O)N[C@@H](C)CC)N(Cc1ccc(C)cc1)C(=O)CCc1cccc2ccccc12. The molecule has 0 spiro atoms. The molecule has 0 unspecified atom stereocenters. The lowest BCUT2D eigenvalue weighted by Gasteiger charge is -2.31. The Morgan fingerprint density at radius 2 is 1.61 bits per heavy atom. The van der Waals surface area contributed by atoms with Gasteiger partial charge >= 0.3 is 0 Å². The van der Waals surface area contributed by atoms with Crippen LogP contribution in [-0.4, -0.2) is 28.8 Å². The summed E-state index contributed by atoms with van der Waals surface area (Å²) in [5.74, 6) is -0.0628. The minimum Gasteiger partial charge on any atom is -0.352 e. The van der Waals surface area contributed by atoms with E-state index in [1.807, 2.05) is 70.2 Å². The highest BCUT2D eigenvalue weighted by molar-refractivity contribution is 5.89. The number of hydrogen-bond donors (Lipinski definition) is 1. The number of benzene rings is 3. The number of carbonyl (C=O) groups excluding carboxylic acids is 2. The molecule has 3 rings (SSSR count). The Kier molecular flexibility index (Phi) is 8.65. The van der Waals surface area contributed by atoms with Gasteiger partial charge in [-0.1, -0.05) is 86.1 Å². The Hall–Kier alpha value is -3.14. The minimum absolute atomic E-state index is 0.00895. The third-order valence-electron chi connectivity index (χ3n) is 6.35. The van der Waals surface area contributed by atoms with E-state index in [4.69, 9.17) is 0 Å². The predicted octanol–water partition coefficient (Wildman–Crippen LogP) is 5.80. The van der Waals surface area contributed by atoms with E-state index in [1.54, 1.807) is 4.90 Å². The third-order valence-corrected chi connectivity index (χ3v) is 6.35. The van der Waals surface area contributed by atoms with Crippen LogP contribution in [0.3, 0.4) is 0 Å². The molecular formula is C29H36N2O2. The molecule has 0 aliphatic rings. The third kappa shape index (κ3) is 6.44. The number of nitrogens with zero attached hydrogens (tertiary/aromatic N) is 1. The summed E-state index contributed by atoms with van der Waals surface area (Å²) in [7, 11) is 0. The topological polar surface area (TPSA) is 49.4 Å². The van der Waals surface area contributed by atoms with E-state index in [1.165, 1.54) is 16.3 Å². The van der Waals surface area contributed by atoms with Crippen LogP contribution in [0, 0.1) is 6.92 Å². The molecule has 0 saturated heterocycles. The highest BCUT2D eigenvalue weighted by atomic mass is 16.2. The number of fused-ring (bicyclic) bond motifs is 1. The summed E-state index contributed by atoms with van der Waals surface area (Å²) in [6, 6.07) is 22.3. The molecule has 0 bridgehead atoms. The van der Waals surface area contributed by atoms with Gasteiger partial charge in [0.1, 0.15) is 6.04 Å². The van der Waals surface area contributed by atoms with Gasteiger partial charge in [0.25, 0.3) is 0 Å². The summed E-state index contributed by atoms with van der Waals surface area (Å²) in [5.41, 5.74) is 3.37. The molecule has 0 aliphatic carbocycles. The molecule has 0 heterocycles. The second-order valence-electron chi connectivity index (χ2n) is 8.89. The Morgan fingerprint density at radius 1 is 0.909 bits per heavy atom. The average Bonchev–Trinajstić information content (AvgIpc) is 2.83. The molecule has 0 aliphatic heterocycles. The zero-order valence-electron chi connectivity index (χ0n) is 20.3. The van der Waals surface area contributed by atoms with Gasteiger partial charge in [0.15, 0.2) is 0 Å². The van der Waals surface area contributed by atoms with Crippen molar-refractivity contribution in [1.82, 2.24) is 10.2 Å². The van der Waals surface area contributed by atoms with Crippen molar-refractivity contribution in [3.63, 3.8) is 0 Å². The van der Waals surface area contributed by atoms with E-state index >= 15 is 0 Å². The summed E-state index contributed by atoms with van der Waals surface area (Å²) >= 11 is 0. The molecule has 1 N–H and O–H groups in total. The molecule has 33 heavy (non-hydrogen) atoms. The zero-order chi connectivity index (χ0) is 23.8. The Labute approximate surface area is 198 Å². The molecule has 0 fully saturated rings. The number of rotatable bonds is 10. The number of nitrogens with one attached hydrogen (secondary N) is 1. The predicted molar refractivity (Wildman–Crippen MR) is 136 cm³/mol. The van der Waals surface area contributed by atoms with Crippen molar-refractivity contribution in [2.75, 3.05) is 0 Å². The van der Waals surface area contributed by atoms with Crippen molar-refractivity contribution in [3.05, 3.63) is 83.4 Å². The van der Waals surface area contributed by atoms with Crippen molar-refractivity contribution < 1.29 is 9.59 Å². The maximum absolute atomic E-state index is 13.5. The average molecular weight is 445 g/mol. The Balaban J connectivity index is 1.82. The molecular weight excluding hydrogens is 408 g/mol. The van der Waals surface area contributed by atoms with Crippen LogP contribution >= 0.6 is 0 Å². The van der Waals surface area contributed by atoms with Gasteiger partial charge in [0, 0.05) is 19.0 Å². The van der Waals surface area contributed by atoms with Gasteiger partial charge in [-0.3, -0.25) is 9.59 Å². The number of amides is 2. The zero-order valence-corrected chi connectivity index (χ0v) is 20.3. The largest absolute Gasteiger partial charge is 0.352 e. The van der Waals surface area contributed by atoms with Gasteiger partial charge in [-0.2, -0.15) is 0 Å². The first-order chi connectivity index (χ1) is 15.9. The van der Waals surface area contributed by atoms with Gasteiger partial charge in [0.2, 0.25) is 11.8 Å². The van der Waals surface area contributed by atoms with Crippen LogP contribution in [-0.2, 0) is 22.6 Å². The number of hydrogen-bond acceptors (Lipinski definition) is 2. The molecule has 0 saturated carbocycles. The fourth-order valence-corrected chi connectivity index (χ4v) is 4.15. The molecule has 4 heteroatoms. The van der Waals surface area contributed by atoms with Crippen LogP contribution < -0.4 is 5.32 Å². The first kappa shape index (κ1) is 24.5. The minimum atomic E-state index is -0.486. The normalized spacial score (nSPS) is 12.8. The first-order valence-electron chi connectivity index (χ1n) is 12.0. The van der Waals surface area contributed by atoms with Crippen molar-refractivity contribution in [2.45, 2.75) is 72.0 Å². The summed E-state index contributed by atoms with van der Waals surface area (Å²) in [6.45, 7) is 8.50. The Bertz CT molecular complexity index is 1070. The lowest BCUT2D eigenvalue weighted by Crippen LogP contribution is -2.50. The molecule has 3 aromatic rings. The molecule has 174 valence electrons. The highest BCUT2D eigenvalue weighted by Gasteiger charge is 2.29. The van der Waals surface area contributed by atoms with Gasteiger partial charge in [-0.25, -0.2) is 0 Å².